The van der Waals surface area contributed by atoms with E-state index in [4.69, 9.17) is 18.9 Å². The van der Waals surface area contributed by atoms with Crippen molar-refractivity contribution in [2.75, 3.05) is 21.3 Å². The summed E-state index contributed by atoms with van der Waals surface area (Å²) in [7, 11) is 4.73. The predicted octanol–water partition coefficient (Wildman–Crippen LogP) is 4.94. The zero-order chi connectivity index (χ0) is 20.8. The molecule has 3 rings (SSSR count). The predicted molar refractivity (Wildman–Crippen MR) is 111 cm³/mol. The van der Waals surface area contributed by atoms with Crippen LogP contribution in [0.2, 0.25) is 0 Å². The lowest BCUT2D eigenvalue weighted by Crippen LogP contribution is -2.01. The van der Waals surface area contributed by atoms with Gasteiger partial charge in [-0.15, -0.1) is 0 Å². The molecule has 1 aromatic heterocycles. The first-order chi connectivity index (χ1) is 14.1. The number of aryl methyl sites for hydroxylation is 1. The smallest absolute Gasteiger partial charge is 0.230 e. The Hall–Kier alpha value is -3.54. The van der Waals surface area contributed by atoms with Crippen molar-refractivity contribution >= 4 is 6.29 Å². The Bertz CT molecular complexity index is 999. The van der Waals surface area contributed by atoms with E-state index in [2.05, 4.69) is 4.98 Å². The standard InChI is InChI=1S/C23H23NO5/c1-5-16-12-19(15-6-8-17(26-2)9-7-15)20(14-25)23(24-16)29-18-10-11-21(27-3)22(13-18)28-4/h6-14H,5H2,1-4H3. The molecule has 0 aliphatic rings. The summed E-state index contributed by atoms with van der Waals surface area (Å²) in [5.41, 5.74) is 2.83. The highest BCUT2D eigenvalue weighted by atomic mass is 16.5. The second-order valence-electron chi connectivity index (χ2n) is 6.20. The van der Waals surface area contributed by atoms with E-state index in [-0.39, 0.29) is 5.88 Å². The zero-order valence-electron chi connectivity index (χ0n) is 16.9. The molecule has 3 aromatic rings. The number of aromatic nitrogens is 1. The van der Waals surface area contributed by atoms with Gasteiger partial charge in [0, 0.05) is 11.8 Å². The molecule has 0 saturated heterocycles. The van der Waals surface area contributed by atoms with Gasteiger partial charge in [-0.1, -0.05) is 19.1 Å². The van der Waals surface area contributed by atoms with E-state index in [9.17, 15) is 4.79 Å². The highest BCUT2D eigenvalue weighted by molar-refractivity contribution is 5.90. The van der Waals surface area contributed by atoms with Crippen molar-refractivity contribution in [3.05, 3.63) is 59.8 Å². The number of methoxy groups -OCH3 is 3. The van der Waals surface area contributed by atoms with Crippen LogP contribution in [0.5, 0.6) is 28.9 Å². The fourth-order valence-corrected chi connectivity index (χ4v) is 2.96. The average molecular weight is 393 g/mol. The van der Waals surface area contributed by atoms with Crippen LogP contribution in [-0.4, -0.2) is 32.6 Å². The fraction of sp³-hybridized carbons (Fsp3) is 0.217. The van der Waals surface area contributed by atoms with Gasteiger partial charge < -0.3 is 18.9 Å². The van der Waals surface area contributed by atoms with Crippen molar-refractivity contribution in [2.45, 2.75) is 13.3 Å². The maximum Gasteiger partial charge on any atom is 0.230 e. The molecule has 2 aromatic carbocycles. The Labute approximate surface area is 170 Å². The maximum atomic E-state index is 12.0. The monoisotopic (exact) mass is 393 g/mol. The number of pyridine rings is 1. The summed E-state index contributed by atoms with van der Waals surface area (Å²) in [6, 6.07) is 14.6. The third-order valence-electron chi connectivity index (χ3n) is 4.53. The summed E-state index contributed by atoms with van der Waals surface area (Å²) in [6.45, 7) is 2.00. The van der Waals surface area contributed by atoms with Crippen LogP contribution in [0.15, 0.2) is 48.5 Å². The minimum absolute atomic E-state index is 0.248. The van der Waals surface area contributed by atoms with E-state index in [0.29, 0.717) is 29.2 Å². The zero-order valence-corrected chi connectivity index (χ0v) is 16.9. The molecule has 0 bridgehead atoms. The highest BCUT2D eigenvalue weighted by Gasteiger charge is 2.16. The minimum Gasteiger partial charge on any atom is -0.497 e. The number of hydrogen-bond acceptors (Lipinski definition) is 6. The SMILES string of the molecule is CCc1cc(-c2ccc(OC)cc2)c(C=O)c(Oc2ccc(OC)c(OC)c2)n1. The Morgan fingerprint density at radius 3 is 2.14 bits per heavy atom. The molecule has 0 saturated carbocycles. The van der Waals surface area contributed by atoms with E-state index >= 15 is 0 Å². The maximum absolute atomic E-state index is 12.0. The Balaban J connectivity index is 2.07. The van der Waals surface area contributed by atoms with Crippen molar-refractivity contribution in [3.8, 4) is 40.0 Å². The summed E-state index contributed by atoms with van der Waals surface area (Å²) >= 11 is 0. The molecule has 0 atom stereocenters. The molecule has 0 spiro atoms. The molecule has 6 heteroatoms. The van der Waals surface area contributed by atoms with E-state index in [1.807, 2.05) is 37.3 Å². The number of rotatable bonds is 8. The van der Waals surface area contributed by atoms with E-state index in [0.717, 1.165) is 28.9 Å². The van der Waals surface area contributed by atoms with E-state index < -0.39 is 0 Å². The highest BCUT2D eigenvalue weighted by Crippen LogP contribution is 2.36. The van der Waals surface area contributed by atoms with Crippen molar-refractivity contribution < 1.29 is 23.7 Å². The van der Waals surface area contributed by atoms with Gasteiger partial charge in [-0.3, -0.25) is 4.79 Å². The van der Waals surface area contributed by atoms with E-state index in [1.165, 1.54) is 0 Å². The van der Waals surface area contributed by atoms with Crippen molar-refractivity contribution in [2.24, 2.45) is 0 Å². The Morgan fingerprint density at radius 2 is 1.55 bits per heavy atom. The van der Waals surface area contributed by atoms with Gasteiger partial charge in [-0.25, -0.2) is 4.98 Å². The van der Waals surface area contributed by atoms with Crippen LogP contribution in [0, 0.1) is 0 Å². The van der Waals surface area contributed by atoms with E-state index in [1.54, 1.807) is 39.5 Å². The van der Waals surface area contributed by atoms with Gasteiger partial charge in [0.15, 0.2) is 17.8 Å². The average Bonchev–Trinajstić information content (AvgIpc) is 2.78. The summed E-state index contributed by atoms with van der Waals surface area (Å²) in [4.78, 5) is 16.5. The molecule has 1 heterocycles. The molecule has 150 valence electrons. The van der Waals surface area contributed by atoms with Crippen LogP contribution in [0.1, 0.15) is 23.0 Å². The van der Waals surface area contributed by atoms with Gasteiger partial charge in [0.25, 0.3) is 0 Å². The van der Waals surface area contributed by atoms with Gasteiger partial charge in [0.2, 0.25) is 5.88 Å². The quantitative estimate of drug-likeness (QED) is 0.505. The Kier molecular flexibility index (Phi) is 6.34. The van der Waals surface area contributed by atoms with Crippen LogP contribution >= 0.6 is 0 Å². The fourth-order valence-electron chi connectivity index (χ4n) is 2.96. The molecular weight excluding hydrogens is 370 g/mol. The van der Waals surface area contributed by atoms with Gasteiger partial charge in [-0.2, -0.15) is 0 Å². The second kappa shape index (κ2) is 9.10. The third kappa shape index (κ3) is 4.32. The number of ether oxygens (including phenoxy) is 4. The van der Waals surface area contributed by atoms with Crippen LogP contribution in [0.3, 0.4) is 0 Å². The topological polar surface area (TPSA) is 66.9 Å². The molecule has 6 nitrogen and oxygen atoms in total. The first-order valence-corrected chi connectivity index (χ1v) is 9.16. The summed E-state index contributed by atoms with van der Waals surface area (Å²) in [5, 5.41) is 0. The molecule has 0 aliphatic heterocycles. The molecule has 0 radical (unpaired) electrons. The number of aldehydes is 1. The number of carbonyl (C=O) groups excluding carboxylic acids is 1. The number of carbonyl (C=O) groups is 1. The van der Waals surface area contributed by atoms with Crippen molar-refractivity contribution in [1.29, 1.82) is 0 Å². The molecule has 0 fully saturated rings. The first-order valence-electron chi connectivity index (χ1n) is 9.16. The number of hydrogen-bond donors (Lipinski definition) is 0. The van der Waals surface area contributed by atoms with Gasteiger partial charge >= 0.3 is 0 Å². The summed E-state index contributed by atoms with van der Waals surface area (Å²) in [6.07, 6.45) is 1.46. The van der Waals surface area contributed by atoms with Crippen LogP contribution in [0.4, 0.5) is 0 Å². The molecule has 0 unspecified atom stereocenters. The number of benzene rings is 2. The van der Waals surface area contributed by atoms with Gasteiger partial charge in [-0.05, 0) is 47.9 Å². The molecule has 29 heavy (non-hydrogen) atoms. The third-order valence-corrected chi connectivity index (χ3v) is 4.53. The normalized spacial score (nSPS) is 10.3. The molecule has 0 amide bonds. The summed E-state index contributed by atoms with van der Waals surface area (Å²) in [5.74, 6) is 2.60. The molecule has 0 aliphatic carbocycles. The van der Waals surface area contributed by atoms with Gasteiger partial charge in [0.1, 0.15) is 11.5 Å². The lowest BCUT2D eigenvalue weighted by Gasteiger charge is -2.15. The molecular formula is C23H23NO5. The largest absolute Gasteiger partial charge is 0.497 e. The lowest BCUT2D eigenvalue weighted by molar-refractivity contribution is 0.112. The van der Waals surface area contributed by atoms with Crippen molar-refractivity contribution in [1.82, 2.24) is 4.98 Å². The first kappa shape index (κ1) is 20.2. The summed E-state index contributed by atoms with van der Waals surface area (Å²) < 4.78 is 21.8. The van der Waals surface area contributed by atoms with Crippen molar-refractivity contribution in [3.63, 3.8) is 0 Å². The number of nitrogens with zero attached hydrogens (tertiary/aromatic N) is 1. The van der Waals surface area contributed by atoms with Crippen LogP contribution in [0.25, 0.3) is 11.1 Å². The second-order valence-corrected chi connectivity index (χ2v) is 6.20. The minimum atomic E-state index is 0.248. The van der Waals surface area contributed by atoms with Gasteiger partial charge in [0.05, 0.1) is 26.9 Å². The van der Waals surface area contributed by atoms with Crippen LogP contribution in [-0.2, 0) is 6.42 Å². The Morgan fingerprint density at radius 1 is 0.862 bits per heavy atom. The molecule has 0 N–H and O–H groups in total. The lowest BCUT2D eigenvalue weighted by atomic mass is 10.00. The van der Waals surface area contributed by atoms with Crippen LogP contribution < -0.4 is 18.9 Å².